The molecule has 0 spiro atoms. The lowest BCUT2D eigenvalue weighted by Gasteiger charge is -2.36. The van der Waals surface area contributed by atoms with E-state index in [0.717, 1.165) is 50.1 Å². The van der Waals surface area contributed by atoms with E-state index in [4.69, 9.17) is 4.52 Å². The summed E-state index contributed by atoms with van der Waals surface area (Å²) in [6, 6.07) is 10.9. The van der Waals surface area contributed by atoms with Crippen LogP contribution in [0.5, 0.6) is 0 Å². The van der Waals surface area contributed by atoms with Crippen LogP contribution in [0.25, 0.3) is 0 Å². The summed E-state index contributed by atoms with van der Waals surface area (Å²) in [4.78, 5) is 9.50. The lowest BCUT2D eigenvalue weighted by Crippen LogP contribution is -2.39. The first-order chi connectivity index (χ1) is 12.7. The van der Waals surface area contributed by atoms with E-state index in [2.05, 4.69) is 71.2 Å². The molecule has 1 aromatic heterocycles. The minimum atomic E-state index is 0.219. The summed E-state index contributed by atoms with van der Waals surface area (Å²) in [6.07, 6.45) is 4.42. The van der Waals surface area contributed by atoms with Crippen molar-refractivity contribution in [1.82, 2.24) is 19.9 Å². The molecule has 0 N–H and O–H groups in total. The van der Waals surface area contributed by atoms with Gasteiger partial charge in [-0.3, -0.25) is 4.90 Å². The van der Waals surface area contributed by atoms with Crippen molar-refractivity contribution >= 4 is 0 Å². The summed E-state index contributed by atoms with van der Waals surface area (Å²) >= 11 is 0. The van der Waals surface area contributed by atoms with Crippen molar-refractivity contribution in [1.29, 1.82) is 0 Å². The minimum Gasteiger partial charge on any atom is -0.338 e. The molecule has 1 atom stereocenters. The van der Waals surface area contributed by atoms with Gasteiger partial charge < -0.3 is 9.42 Å². The number of nitrogens with zero attached hydrogens (tertiary/aromatic N) is 4. The Hall–Kier alpha value is -1.72. The van der Waals surface area contributed by atoms with E-state index >= 15 is 0 Å². The second kappa shape index (κ2) is 9.28. The van der Waals surface area contributed by atoms with E-state index in [9.17, 15) is 0 Å². The van der Waals surface area contributed by atoms with Crippen LogP contribution in [0.4, 0.5) is 0 Å². The largest absolute Gasteiger partial charge is 0.338 e. The summed E-state index contributed by atoms with van der Waals surface area (Å²) < 4.78 is 5.48. The summed E-state index contributed by atoms with van der Waals surface area (Å²) in [5.74, 6) is 2.38. The van der Waals surface area contributed by atoms with Gasteiger partial charge in [-0.15, -0.1) is 0 Å². The molecule has 5 nitrogen and oxygen atoms in total. The predicted octanol–water partition coefficient (Wildman–Crippen LogP) is 3.93. The average molecular weight is 357 g/mol. The van der Waals surface area contributed by atoms with Crippen molar-refractivity contribution in [2.45, 2.75) is 52.1 Å². The van der Waals surface area contributed by atoms with E-state index in [1.165, 1.54) is 24.9 Å². The van der Waals surface area contributed by atoms with Crippen molar-refractivity contribution in [2.24, 2.45) is 5.92 Å². The van der Waals surface area contributed by atoms with Crippen LogP contribution in [-0.4, -0.2) is 46.6 Å². The Morgan fingerprint density at radius 1 is 1.23 bits per heavy atom. The SMILES string of the molecule is CCCc1noc(C(C)N2CCC(CN(C)Cc3ccccc3)CC2)n1. The molecular weight excluding hydrogens is 324 g/mol. The second-order valence-electron chi connectivity index (χ2n) is 7.64. The fourth-order valence-corrected chi connectivity index (χ4v) is 3.84. The quantitative estimate of drug-likeness (QED) is 0.717. The molecule has 1 aliphatic rings. The zero-order valence-corrected chi connectivity index (χ0v) is 16.4. The molecule has 1 saturated heterocycles. The van der Waals surface area contributed by atoms with Gasteiger partial charge in [0, 0.05) is 19.5 Å². The van der Waals surface area contributed by atoms with Crippen molar-refractivity contribution in [2.75, 3.05) is 26.7 Å². The summed E-state index contributed by atoms with van der Waals surface area (Å²) in [5.41, 5.74) is 1.39. The van der Waals surface area contributed by atoms with Crippen LogP contribution >= 0.6 is 0 Å². The molecule has 0 aliphatic carbocycles. The number of hydrogen-bond acceptors (Lipinski definition) is 5. The number of piperidine rings is 1. The molecule has 1 unspecified atom stereocenters. The molecule has 26 heavy (non-hydrogen) atoms. The van der Waals surface area contributed by atoms with Gasteiger partial charge in [0.2, 0.25) is 5.89 Å². The van der Waals surface area contributed by atoms with Crippen LogP contribution in [0.2, 0.25) is 0 Å². The number of aromatic nitrogens is 2. The molecule has 1 aromatic carbocycles. The van der Waals surface area contributed by atoms with Crippen molar-refractivity contribution in [3.63, 3.8) is 0 Å². The Labute approximate surface area is 157 Å². The number of aryl methyl sites for hydroxylation is 1. The van der Waals surface area contributed by atoms with Crippen molar-refractivity contribution < 1.29 is 4.52 Å². The van der Waals surface area contributed by atoms with Crippen LogP contribution < -0.4 is 0 Å². The zero-order chi connectivity index (χ0) is 18.4. The van der Waals surface area contributed by atoms with Gasteiger partial charge in [0.25, 0.3) is 0 Å². The second-order valence-corrected chi connectivity index (χ2v) is 7.64. The number of likely N-dealkylation sites (tertiary alicyclic amines) is 1. The maximum Gasteiger partial charge on any atom is 0.243 e. The van der Waals surface area contributed by atoms with E-state index in [-0.39, 0.29) is 6.04 Å². The lowest BCUT2D eigenvalue weighted by atomic mass is 9.95. The molecule has 2 heterocycles. The molecule has 0 saturated carbocycles. The van der Waals surface area contributed by atoms with Crippen LogP contribution in [0, 0.1) is 5.92 Å². The number of benzene rings is 1. The monoisotopic (exact) mass is 356 g/mol. The third kappa shape index (κ3) is 5.15. The highest BCUT2D eigenvalue weighted by molar-refractivity contribution is 5.14. The highest BCUT2D eigenvalue weighted by Gasteiger charge is 2.27. The average Bonchev–Trinajstić information content (AvgIpc) is 3.11. The Kier molecular flexibility index (Phi) is 6.80. The molecule has 0 bridgehead atoms. The molecule has 3 rings (SSSR count). The Bertz CT molecular complexity index is 649. The first-order valence-electron chi connectivity index (χ1n) is 9.94. The third-order valence-corrected chi connectivity index (χ3v) is 5.38. The molecule has 0 amide bonds. The molecule has 5 heteroatoms. The lowest BCUT2D eigenvalue weighted by molar-refractivity contribution is 0.105. The van der Waals surface area contributed by atoms with Gasteiger partial charge in [-0.1, -0.05) is 42.4 Å². The molecule has 1 fully saturated rings. The van der Waals surface area contributed by atoms with Crippen LogP contribution in [-0.2, 0) is 13.0 Å². The minimum absolute atomic E-state index is 0.219. The topological polar surface area (TPSA) is 45.4 Å². The summed E-state index contributed by atoms with van der Waals surface area (Å²) in [5, 5.41) is 4.10. The summed E-state index contributed by atoms with van der Waals surface area (Å²) in [7, 11) is 2.23. The Morgan fingerprint density at radius 3 is 2.65 bits per heavy atom. The zero-order valence-electron chi connectivity index (χ0n) is 16.4. The highest BCUT2D eigenvalue weighted by Crippen LogP contribution is 2.26. The van der Waals surface area contributed by atoms with Gasteiger partial charge in [-0.2, -0.15) is 4.98 Å². The van der Waals surface area contributed by atoms with Crippen LogP contribution in [0.1, 0.15) is 56.4 Å². The van der Waals surface area contributed by atoms with Crippen LogP contribution in [0.3, 0.4) is 0 Å². The predicted molar refractivity (Wildman–Crippen MR) is 104 cm³/mol. The smallest absolute Gasteiger partial charge is 0.243 e. The molecule has 142 valence electrons. The molecule has 1 aliphatic heterocycles. The fraction of sp³-hybridized carbons (Fsp3) is 0.619. The maximum atomic E-state index is 5.48. The molecular formula is C21H32N4O. The van der Waals surface area contributed by atoms with Gasteiger partial charge in [-0.25, -0.2) is 0 Å². The van der Waals surface area contributed by atoms with Gasteiger partial charge in [-0.05, 0) is 57.8 Å². The van der Waals surface area contributed by atoms with E-state index in [1.54, 1.807) is 0 Å². The first-order valence-corrected chi connectivity index (χ1v) is 9.94. The van der Waals surface area contributed by atoms with Gasteiger partial charge in [0.1, 0.15) is 0 Å². The van der Waals surface area contributed by atoms with E-state index in [0.29, 0.717) is 0 Å². The highest BCUT2D eigenvalue weighted by atomic mass is 16.5. The van der Waals surface area contributed by atoms with Crippen molar-refractivity contribution in [3.05, 3.63) is 47.6 Å². The number of hydrogen-bond donors (Lipinski definition) is 0. The number of rotatable bonds is 8. The van der Waals surface area contributed by atoms with Gasteiger partial charge >= 0.3 is 0 Å². The maximum absolute atomic E-state index is 5.48. The summed E-state index contributed by atoms with van der Waals surface area (Å²) in [6.45, 7) is 8.73. The standard InChI is InChI=1S/C21H32N4O/c1-4-8-20-22-21(26-23-20)17(2)25-13-11-19(12-14-25)16-24(3)15-18-9-6-5-7-10-18/h5-7,9-10,17,19H,4,8,11-16H2,1-3H3. The van der Waals surface area contributed by atoms with Crippen LogP contribution in [0.15, 0.2) is 34.9 Å². The third-order valence-electron chi connectivity index (χ3n) is 5.38. The molecule has 0 radical (unpaired) electrons. The van der Waals surface area contributed by atoms with Gasteiger partial charge in [0.05, 0.1) is 6.04 Å². The fourth-order valence-electron chi connectivity index (χ4n) is 3.84. The Balaban J connectivity index is 1.44. The molecule has 2 aromatic rings. The van der Waals surface area contributed by atoms with Gasteiger partial charge in [0.15, 0.2) is 5.82 Å². The van der Waals surface area contributed by atoms with Crippen molar-refractivity contribution in [3.8, 4) is 0 Å². The normalized spacial score (nSPS) is 17.7. The van der Waals surface area contributed by atoms with E-state index in [1.807, 2.05) is 0 Å². The Morgan fingerprint density at radius 2 is 1.96 bits per heavy atom. The van der Waals surface area contributed by atoms with E-state index < -0.39 is 0 Å². The first kappa shape index (κ1) is 19.1.